The Morgan fingerprint density at radius 3 is 2.75 bits per heavy atom. The van der Waals surface area contributed by atoms with Crippen LogP contribution in [0.15, 0.2) is 30.3 Å². The van der Waals surface area contributed by atoms with Crippen molar-refractivity contribution in [1.82, 2.24) is 9.27 Å². The van der Waals surface area contributed by atoms with E-state index in [0.717, 1.165) is 29.2 Å². The molecule has 0 unspecified atom stereocenters. The number of nitrogens with zero attached hydrogens (tertiary/aromatic N) is 2. The monoisotopic (exact) mass is 309 g/mol. The van der Waals surface area contributed by atoms with Crippen LogP contribution in [0, 0.1) is 0 Å². The smallest absolute Gasteiger partial charge is 0.322 e. The molecule has 6 heteroatoms. The van der Waals surface area contributed by atoms with Crippen molar-refractivity contribution in [3.05, 3.63) is 35.4 Å². The van der Waals surface area contributed by atoms with Gasteiger partial charge in [-0.25, -0.2) is 4.79 Å². The number of hydrogen-bond acceptors (Lipinski definition) is 3. The lowest BCUT2D eigenvalue weighted by molar-refractivity contribution is 0.222. The van der Waals surface area contributed by atoms with Gasteiger partial charge < -0.3 is 4.90 Å². The van der Waals surface area contributed by atoms with Gasteiger partial charge in [-0.05, 0) is 30.1 Å². The molecule has 0 aliphatic rings. The molecule has 2 rings (SSSR count). The van der Waals surface area contributed by atoms with Gasteiger partial charge in [0.05, 0.1) is 5.69 Å². The summed E-state index contributed by atoms with van der Waals surface area (Å²) in [7, 11) is 1.78. The van der Waals surface area contributed by atoms with E-state index in [1.165, 1.54) is 11.5 Å². The van der Waals surface area contributed by atoms with E-state index in [2.05, 4.69) is 9.69 Å². The maximum atomic E-state index is 11.9. The third-order valence-electron chi connectivity index (χ3n) is 2.79. The first-order chi connectivity index (χ1) is 9.60. The molecule has 2 aromatic rings. The molecule has 106 valence electrons. The molecule has 0 bridgehead atoms. The number of anilines is 1. The average molecular weight is 310 g/mol. The Balaban J connectivity index is 2.05. The minimum atomic E-state index is -0.113. The van der Waals surface area contributed by atoms with Crippen LogP contribution in [0.4, 0.5) is 9.80 Å². The summed E-state index contributed by atoms with van der Waals surface area (Å²) in [6.45, 7) is 2.77. The van der Waals surface area contributed by atoms with Crippen molar-refractivity contribution >= 4 is 34.2 Å². The molecule has 0 aliphatic carbocycles. The van der Waals surface area contributed by atoms with Crippen LogP contribution in [-0.2, 0) is 0 Å². The van der Waals surface area contributed by atoms with E-state index in [9.17, 15) is 4.79 Å². The second-order valence-corrected chi connectivity index (χ2v) is 5.68. The van der Waals surface area contributed by atoms with E-state index in [4.69, 9.17) is 11.6 Å². The number of carbonyl (C=O) groups excluding carboxylic acids is 1. The summed E-state index contributed by atoms with van der Waals surface area (Å²) in [5.41, 5.74) is 1.81. The zero-order valence-electron chi connectivity index (χ0n) is 11.4. The van der Waals surface area contributed by atoms with Crippen molar-refractivity contribution in [3.63, 3.8) is 0 Å². The summed E-state index contributed by atoms with van der Waals surface area (Å²) in [6.07, 6.45) is 0.933. The fourth-order valence-corrected chi connectivity index (χ4v) is 2.51. The average Bonchev–Trinajstić information content (AvgIpc) is 2.88. The van der Waals surface area contributed by atoms with Crippen molar-refractivity contribution in [2.45, 2.75) is 13.3 Å². The van der Waals surface area contributed by atoms with Gasteiger partial charge >= 0.3 is 6.03 Å². The molecule has 0 fully saturated rings. The maximum absolute atomic E-state index is 11.9. The van der Waals surface area contributed by atoms with Crippen molar-refractivity contribution in [2.75, 3.05) is 18.9 Å². The number of nitrogens with one attached hydrogen (secondary N) is 1. The van der Waals surface area contributed by atoms with Gasteiger partial charge in [-0.3, -0.25) is 5.32 Å². The normalized spacial score (nSPS) is 10.3. The van der Waals surface area contributed by atoms with Crippen molar-refractivity contribution in [1.29, 1.82) is 0 Å². The fraction of sp³-hybridized carbons (Fsp3) is 0.286. The lowest BCUT2D eigenvalue weighted by Gasteiger charge is -2.15. The first-order valence-corrected chi connectivity index (χ1v) is 7.50. The number of benzene rings is 1. The Kier molecular flexibility index (Phi) is 4.98. The molecule has 20 heavy (non-hydrogen) atoms. The Hall–Kier alpha value is -1.59. The van der Waals surface area contributed by atoms with Crippen LogP contribution < -0.4 is 5.32 Å². The largest absolute Gasteiger partial charge is 0.328 e. The zero-order valence-corrected chi connectivity index (χ0v) is 13.0. The maximum Gasteiger partial charge on any atom is 0.322 e. The lowest BCUT2D eigenvalue weighted by Crippen LogP contribution is -2.31. The zero-order chi connectivity index (χ0) is 14.5. The molecule has 1 N–H and O–H groups in total. The van der Waals surface area contributed by atoms with E-state index in [0.29, 0.717) is 5.02 Å². The van der Waals surface area contributed by atoms with E-state index in [1.807, 2.05) is 37.3 Å². The van der Waals surface area contributed by atoms with Crippen LogP contribution >= 0.6 is 23.1 Å². The van der Waals surface area contributed by atoms with E-state index in [-0.39, 0.29) is 6.03 Å². The van der Waals surface area contributed by atoms with Crippen LogP contribution in [-0.4, -0.2) is 28.9 Å². The molecule has 0 radical (unpaired) electrons. The SMILES string of the molecule is CCCN(C)C(=O)Nc1cc(-c2ccc(Cl)cc2)ns1. The number of urea groups is 1. The molecule has 4 nitrogen and oxygen atoms in total. The lowest BCUT2D eigenvalue weighted by atomic mass is 10.1. The molecule has 0 spiro atoms. The van der Waals surface area contributed by atoms with Crippen molar-refractivity contribution < 1.29 is 4.79 Å². The van der Waals surface area contributed by atoms with Crippen molar-refractivity contribution in [3.8, 4) is 11.3 Å². The molecule has 0 saturated heterocycles. The van der Waals surface area contributed by atoms with Gasteiger partial charge in [0.15, 0.2) is 0 Å². The van der Waals surface area contributed by atoms with Crippen LogP contribution in [0.5, 0.6) is 0 Å². The molecular formula is C14H16ClN3OS. The molecule has 0 atom stereocenters. The molecule has 1 heterocycles. The van der Waals surface area contributed by atoms with Crippen LogP contribution in [0.1, 0.15) is 13.3 Å². The standard InChI is InChI=1S/C14H16ClN3OS/c1-3-8-18(2)14(19)16-13-9-12(17-20-13)10-4-6-11(15)7-5-10/h4-7,9H,3,8H2,1-2H3,(H,16,19). The first-order valence-electron chi connectivity index (χ1n) is 6.35. The van der Waals surface area contributed by atoms with E-state index in [1.54, 1.807) is 11.9 Å². The fourth-order valence-electron chi connectivity index (χ4n) is 1.73. The molecule has 2 amide bonds. The van der Waals surface area contributed by atoms with Crippen LogP contribution in [0.3, 0.4) is 0 Å². The highest BCUT2D eigenvalue weighted by Crippen LogP contribution is 2.26. The number of carbonyl (C=O) groups is 1. The molecule has 1 aromatic heterocycles. The Bertz CT molecular complexity index is 582. The Morgan fingerprint density at radius 1 is 1.40 bits per heavy atom. The molecular weight excluding hydrogens is 294 g/mol. The highest BCUT2D eigenvalue weighted by molar-refractivity contribution is 7.10. The van der Waals surface area contributed by atoms with Gasteiger partial charge in [0.1, 0.15) is 5.00 Å². The van der Waals surface area contributed by atoms with E-state index >= 15 is 0 Å². The van der Waals surface area contributed by atoms with Gasteiger partial charge in [0.2, 0.25) is 0 Å². The number of rotatable bonds is 4. The summed E-state index contributed by atoms with van der Waals surface area (Å²) in [4.78, 5) is 13.5. The third kappa shape index (κ3) is 3.71. The Morgan fingerprint density at radius 2 is 2.10 bits per heavy atom. The molecule has 1 aromatic carbocycles. The number of amides is 2. The van der Waals surface area contributed by atoms with Gasteiger partial charge in [-0.15, -0.1) is 0 Å². The predicted octanol–water partition coefficient (Wildman–Crippen LogP) is 4.34. The second-order valence-electron chi connectivity index (χ2n) is 4.44. The summed E-state index contributed by atoms with van der Waals surface area (Å²) in [6, 6.07) is 9.22. The predicted molar refractivity (Wildman–Crippen MR) is 84.5 cm³/mol. The summed E-state index contributed by atoms with van der Waals surface area (Å²) < 4.78 is 4.34. The third-order valence-corrected chi connectivity index (χ3v) is 3.74. The van der Waals surface area contributed by atoms with Crippen LogP contribution in [0.2, 0.25) is 5.02 Å². The number of aromatic nitrogens is 1. The second kappa shape index (κ2) is 6.72. The molecule has 0 aliphatic heterocycles. The topological polar surface area (TPSA) is 45.2 Å². The highest BCUT2D eigenvalue weighted by Gasteiger charge is 2.10. The van der Waals surface area contributed by atoms with Crippen LogP contribution in [0.25, 0.3) is 11.3 Å². The summed E-state index contributed by atoms with van der Waals surface area (Å²) in [5.74, 6) is 0. The minimum absolute atomic E-state index is 0.113. The van der Waals surface area contributed by atoms with Gasteiger partial charge in [0, 0.05) is 30.2 Å². The van der Waals surface area contributed by atoms with E-state index < -0.39 is 0 Å². The molecule has 0 saturated carbocycles. The highest BCUT2D eigenvalue weighted by atomic mass is 35.5. The number of hydrogen-bond donors (Lipinski definition) is 1. The first kappa shape index (κ1) is 14.8. The summed E-state index contributed by atoms with van der Waals surface area (Å²) >= 11 is 7.13. The summed E-state index contributed by atoms with van der Waals surface area (Å²) in [5, 5.41) is 4.28. The van der Waals surface area contributed by atoms with Gasteiger partial charge in [-0.1, -0.05) is 30.7 Å². The quantitative estimate of drug-likeness (QED) is 0.913. The van der Waals surface area contributed by atoms with Gasteiger partial charge in [0.25, 0.3) is 0 Å². The number of halogens is 1. The minimum Gasteiger partial charge on any atom is -0.328 e. The Labute approximate surface area is 127 Å². The van der Waals surface area contributed by atoms with Gasteiger partial charge in [-0.2, -0.15) is 4.37 Å². The van der Waals surface area contributed by atoms with Crippen molar-refractivity contribution in [2.24, 2.45) is 0 Å².